The SMILES string of the molecule is COc1cc(CCCO)ccc1O[C@H](CO)[C@H](O)c1ccc(O)cc1. The molecule has 0 aliphatic rings. The lowest BCUT2D eigenvalue weighted by Crippen LogP contribution is -2.29. The molecule has 0 saturated carbocycles. The van der Waals surface area contributed by atoms with Gasteiger partial charge in [0, 0.05) is 6.61 Å². The molecule has 136 valence electrons. The van der Waals surface area contributed by atoms with E-state index in [1.54, 1.807) is 18.2 Å². The lowest BCUT2D eigenvalue weighted by molar-refractivity contribution is -0.000433. The number of hydrogen-bond acceptors (Lipinski definition) is 6. The quantitative estimate of drug-likeness (QED) is 0.551. The highest BCUT2D eigenvalue weighted by molar-refractivity contribution is 5.43. The average Bonchev–Trinajstić information content (AvgIpc) is 2.64. The van der Waals surface area contributed by atoms with Gasteiger partial charge in [0.15, 0.2) is 17.6 Å². The smallest absolute Gasteiger partial charge is 0.161 e. The van der Waals surface area contributed by atoms with Crippen LogP contribution in [0.1, 0.15) is 23.7 Å². The molecule has 25 heavy (non-hydrogen) atoms. The van der Waals surface area contributed by atoms with Gasteiger partial charge >= 0.3 is 0 Å². The molecule has 6 heteroatoms. The predicted molar refractivity (Wildman–Crippen MR) is 93.0 cm³/mol. The molecule has 2 atom stereocenters. The van der Waals surface area contributed by atoms with Gasteiger partial charge < -0.3 is 29.9 Å². The fourth-order valence-electron chi connectivity index (χ4n) is 2.50. The van der Waals surface area contributed by atoms with E-state index in [2.05, 4.69) is 0 Å². The van der Waals surface area contributed by atoms with Crippen molar-refractivity contribution in [2.45, 2.75) is 25.0 Å². The molecule has 0 aliphatic carbocycles. The van der Waals surface area contributed by atoms with Crippen LogP contribution in [0.25, 0.3) is 0 Å². The number of aliphatic hydroxyl groups is 3. The van der Waals surface area contributed by atoms with Crippen molar-refractivity contribution < 1.29 is 29.9 Å². The number of aromatic hydroxyl groups is 1. The van der Waals surface area contributed by atoms with Crippen LogP contribution in [0.5, 0.6) is 17.2 Å². The number of phenols is 1. The number of benzene rings is 2. The van der Waals surface area contributed by atoms with Crippen molar-refractivity contribution in [3.8, 4) is 17.2 Å². The van der Waals surface area contributed by atoms with E-state index in [-0.39, 0.29) is 12.4 Å². The summed E-state index contributed by atoms with van der Waals surface area (Å²) < 4.78 is 11.1. The minimum atomic E-state index is -1.07. The molecule has 2 aromatic rings. The van der Waals surface area contributed by atoms with Crippen LogP contribution in [-0.2, 0) is 6.42 Å². The number of aryl methyl sites for hydroxylation is 1. The number of methoxy groups -OCH3 is 1. The van der Waals surface area contributed by atoms with Crippen molar-refractivity contribution in [2.75, 3.05) is 20.3 Å². The lowest BCUT2D eigenvalue weighted by atomic mass is 10.0. The normalized spacial score (nSPS) is 13.3. The lowest BCUT2D eigenvalue weighted by Gasteiger charge is -2.24. The number of rotatable bonds is 9. The van der Waals surface area contributed by atoms with E-state index in [1.807, 2.05) is 12.1 Å². The first kappa shape index (κ1) is 19.1. The van der Waals surface area contributed by atoms with Crippen molar-refractivity contribution >= 4 is 0 Å². The van der Waals surface area contributed by atoms with Crippen LogP contribution in [0.3, 0.4) is 0 Å². The van der Waals surface area contributed by atoms with Gasteiger partial charge in [-0.25, -0.2) is 0 Å². The van der Waals surface area contributed by atoms with Crippen molar-refractivity contribution in [2.24, 2.45) is 0 Å². The van der Waals surface area contributed by atoms with Crippen LogP contribution in [0.2, 0.25) is 0 Å². The summed E-state index contributed by atoms with van der Waals surface area (Å²) in [5.41, 5.74) is 1.52. The Morgan fingerprint density at radius 1 is 1.00 bits per heavy atom. The molecule has 0 radical (unpaired) electrons. The highest BCUT2D eigenvalue weighted by atomic mass is 16.5. The number of aliphatic hydroxyl groups excluding tert-OH is 3. The minimum absolute atomic E-state index is 0.0950. The molecule has 0 spiro atoms. The Morgan fingerprint density at radius 2 is 1.72 bits per heavy atom. The molecule has 0 unspecified atom stereocenters. The van der Waals surface area contributed by atoms with E-state index in [4.69, 9.17) is 14.6 Å². The molecule has 0 fully saturated rings. The molecule has 0 aromatic heterocycles. The summed E-state index contributed by atoms with van der Waals surface area (Å²) in [5.74, 6) is 0.997. The minimum Gasteiger partial charge on any atom is -0.508 e. The topological polar surface area (TPSA) is 99.4 Å². The molecule has 2 rings (SSSR count). The first-order valence-electron chi connectivity index (χ1n) is 8.11. The third-order valence-electron chi connectivity index (χ3n) is 3.90. The monoisotopic (exact) mass is 348 g/mol. The summed E-state index contributed by atoms with van der Waals surface area (Å²) in [6.07, 6.45) is -0.583. The van der Waals surface area contributed by atoms with E-state index >= 15 is 0 Å². The van der Waals surface area contributed by atoms with Crippen LogP contribution in [0.15, 0.2) is 42.5 Å². The average molecular weight is 348 g/mol. The van der Waals surface area contributed by atoms with Gasteiger partial charge in [-0.15, -0.1) is 0 Å². The van der Waals surface area contributed by atoms with Crippen LogP contribution < -0.4 is 9.47 Å². The Kier molecular flexibility index (Phi) is 7.06. The molecule has 4 N–H and O–H groups in total. The molecule has 0 aliphatic heterocycles. The summed E-state index contributed by atoms with van der Waals surface area (Å²) in [7, 11) is 1.52. The molecule has 6 nitrogen and oxygen atoms in total. The van der Waals surface area contributed by atoms with Crippen LogP contribution in [-0.4, -0.2) is 46.9 Å². The van der Waals surface area contributed by atoms with E-state index in [0.29, 0.717) is 29.9 Å². The zero-order valence-corrected chi connectivity index (χ0v) is 14.1. The summed E-state index contributed by atoms with van der Waals surface area (Å²) >= 11 is 0. The standard InChI is InChI=1S/C19H24O6/c1-24-17-11-13(3-2-10-20)4-9-16(17)25-18(12-21)19(23)14-5-7-15(22)8-6-14/h4-9,11,18-23H,2-3,10,12H2,1H3/t18-,19-/m1/s1. The van der Waals surface area contributed by atoms with Crippen LogP contribution >= 0.6 is 0 Å². The third-order valence-corrected chi connectivity index (χ3v) is 3.90. The summed E-state index contributed by atoms with van der Waals surface area (Å²) in [6.45, 7) is -0.274. The maximum Gasteiger partial charge on any atom is 0.161 e. The van der Waals surface area contributed by atoms with Crippen molar-refractivity contribution in [1.29, 1.82) is 0 Å². The Hall–Kier alpha value is -2.28. The molecule has 0 amide bonds. The van der Waals surface area contributed by atoms with Gasteiger partial charge in [-0.3, -0.25) is 0 Å². The Morgan fingerprint density at radius 3 is 2.32 bits per heavy atom. The van der Waals surface area contributed by atoms with Crippen LogP contribution in [0.4, 0.5) is 0 Å². The van der Waals surface area contributed by atoms with Gasteiger partial charge in [-0.2, -0.15) is 0 Å². The fraction of sp³-hybridized carbons (Fsp3) is 0.368. The number of ether oxygens (including phenoxy) is 2. The Bertz CT molecular complexity index is 655. The van der Waals surface area contributed by atoms with E-state index in [1.165, 1.54) is 19.2 Å². The second-order valence-electron chi connectivity index (χ2n) is 5.69. The van der Waals surface area contributed by atoms with E-state index in [9.17, 15) is 15.3 Å². The van der Waals surface area contributed by atoms with Crippen molar-refractivity contribution in [1.82, 2.24) is 0 Å². The van der Waals surface area contributed by atoms with E-state index < -0.39 is 18.8 Å². The fourth-order valence-corrected chi connectivity index (χ4v) is 2.50. The van der Waals surface area contributed by atoms with Crippen molar-refractivity contribution in [3.63, 3.8) is 0 Å². The van der Waals surface area contributed by atoms with Gasteiger partial charge in [0.2, 0.25) is 0 Å². The molecule has 0 heterocycles. The Labute approximate surface area is 146 Å². The van der Waals surface area contributed by atoms with Crippen molar-refractivity contribution in [3.05, 3.63) is 53.6 Å². The highest BCUT2D eigenvalue weighted by Crippen LogP contribution is 2.32. The number of phenolic OH excluding ortho intramolecular Hbond substituents is 1. The van der Waals surface area contributed by atoms with Gasteiger partial charge in [-0.05, 0) is 48.2 Å². The summed E-state index contributed by atoms with van der Waals surface area (Å²) in [6, 6.07) is 11.5. The number of hydrogen-bond donors (Lipinski definition) is 4. The largest absolute Gasteiger partial charge is 0.508 e. The third kappa shape index (κ3) is 5.09. The second kappa shape index (κ2) is 9.27. The highest BCUT2D eigenvalue weighted by Gasteiger charge is 2.23. The molecular formula is C19H24O6. The zero-order chi connectivity index (χ0) is 18.2. The molecule has 0 saturated heterocycles. The van der Waals surface area contributed by atoms with Gasteiger partial charge in [0.25, 0.3) is 0 Å². The zero-order valence-electron chi connectivity index (χ0n) is 14.1. The van der Waals surface area contributed by atoms with Crippen LogP contribution in [0, 0.1) is 0 Å². The first-order chi connectivity index (χ1) is 12.1. The first-order valence-corrected chi connectivity index (χ1v) is 8.11. The maximum atomic E-state index is 10.4. The van der Waals surface area contributed by atoms with Gasteiger partial charge in [0.1, 0.15) is 11.9 Å². The molecule has 0 bridgehead atoms. The van der Waals surface area contributed by atoms with E-state index in [0.717, 1.165) is 5.56 Å². The maximum absolute atomic E-state index is 10.4. The molecule has 2 aromatic carbocycles. The Balaban J connectivity index is 2.15. The predicted octanol–water partition coefficient (Wildman–Crippen LogP) is 1.80. The summed E-state index contributed by atoms with van der Waals surface area (Å²) in [4.78, 5) is 0. The second-order valence-corrected chi connectivity index (χ2v) is 5.69. The van der Waals surface area contributed by atoms with Gasteiger partial charge in [-0.1, -0.05) is 18.2 Å². The summed E-state index contributed by atoms with van der Waals surface area (Å²) in [5, 5.41) is 38.3. The van der Waals surface area contributed by atoms with Gasteiger partial charge in [0.05, 0.1) is 13.7 Å². The molecular weight excluding hydrogens is 324 g/mol.